The van der Waals surface area contributed by atoms with E-state index >= 15 is 0 Å². The van der Waals surface area contributed by atoms with E-state index in [1.54, 1.807) is 19.1 Å². The van der Waals surface area contributed by atoms with E-state index in [2.05, 4.69) is 26.1 Å². The number of benzene rings is 1. The molecule has 0 aromatic heterocycles. The number of ether oxygens (including phenoxy) is 1. The summed E-state index contributed by atoms with van der Waals surface area (Å²) in [6, 6.07) is 6.67. The first kappa shape index (κ1) is 23.5. The number of carbonyl (C=O) groups excluding carboxylic acids is 2. The molecule has 1 amide bonds. The van der Waals surface area contributed by atoms with Crippen molar-refractivity contribution in [2.45, 2.75) is 76.5 Å². The SMILES string of the molecule is CC(C)CC(C(=O)NC1C(=O)COC1C)S(=O)(=O)Cc1ccc(C(C)(C)C)cc1. The van der Waals surface area contributed by atoms with E-state index in [-0.39, 0.29) is 35.9 Å². The molecule has 1 aliphatic heterocycles. The highest BCUT2D eigenvalue weighted by Crippen LogP contribution is 2.24. The van der Waals surface area contributed by atoms with Gasteiger partial charge in [-0.05, 0) is 35.8 Å². The van der Waals surface area contributed by atoms with Gasteiger partial charge < -0.3 is 10.1 Å². The van der Waals surface area contributed by atoms with Crippen LogP contribution in [0.1, 0.15) is 59.1 Å². The number of hydrogen-bond donors (Lipinski definition) is 1. The molecule has 1 aromatic carbocycles. The van der Waals surface area contributed by atoms with E-state index in [4.69, 9.17) is 4.74 Å². The van der Waals surface area contributed by atoms with E-state index in [9.17, 15) is 18.0 Å². The summed E-state index contributed by atoms with van der Waals surface area (Å²) in [7, 11) is -3.76. The molecule has 0 spiro atoms. The monoisotopic (exact) mass is 423 g/mol. The number of hydrogen-bond acceptors (Lipinski definition) is 5. The number of amides is 1. The molecule has 1 fully saturated rings. The van der Waals surface area contributed by atoms with Gasteiger partial charge in [-0.1, -0.05) is 58.9 Å². The first-order chi connectivity index (χ1) is 13.3. The molecule has 1 aliphatic rings. The van der Waals surface area contributed by atoms with Gasteiger partial charge in [-0.2, -0.15) is 0 Å². The van der Waals surface area contributed by atoms with Crippen molar-refractivity contribution in [2.75, 3.05) is 6.61 Å². The number of ketones is 1. The molecule has 3 atom stereocenters. The first-order valence-electron chi connectivity index (χ1n) is 10.1. The van der Waals surface area contributed by atoms with Crippen LogP contribution in [0.5, 0.6) is 0 Å². The Hall–Kier alpha value is -1.73. The van der Waals surface area contributed by atoms with Gasteiger partial charge in [0.25, 0.3) is 0 Å². The zero-order valence-corrected chi connectivity index (χ0v) is 19.0. The van der Waals surface area contributed by atoms with Gasteiger partial charge in [-0.15, -0.1) is 0 Å². The zero-order valence-electron chi connectivity index (χ0n) is 18.2. The molecule has 0 radical (unpaired) electrons. The van der Waals surface area contributed by atoms with Crippen LogP contribution in [0, 0.1) is 5.92 Å². The molecule has 7 heteroatoms. The van der Waals surface area contributed by atoms with Gasteiger partial charge in [0.2, 0.25) is 5.91 Å². The second-order valence-electron chi connectivity index (χ2n) is 9.34. The van der Waals surface area contributed by atoms with Crippen molar-refractivity contribution in [2.24, 2.45) is 5.92 Å². The summed E-state index contributed by atoms with van der Waals surface area (Å²) in [4.78, 5) is 24.8. The Morgan fingerprint density at radius 3 is 2.24 bits per heavy atom. The van der Waals surface area contributed by atoms with Crippen LogP contribution in [0.4, 0.5) is 0 Å². The Labute approximate surface area is 174 Å². The lowest BCUT2D eigenvalue weighted by molar-refractivity contribution is -0.126. The third kappa shape index (κ3) is 6.12. The molecule has 162 valence electrons. The fourth-order valence-electron chi connectivity index (χ4n) is 3.38. The Morgan fingerprint density at radius 2 is 1.79 bits per heavy atom. The first-order valence-corrected chi connectivity index (χ1v) is 11.8. The van der Waals surface area contributed by atoms with E-state index in [0.29, 0.717) is 5.56 Å². The summed E-state index contributed by atoms with van der Waals surface area (Å²) in [5, 5.41) is 1.41. The second-order valence-corrected chi connectivity index (χ2v) is 11.5. The lowest BCUT2D eigenvalue weighted by atomic mass is 9.87. The predicted molar refractivity (Wildman–Crippen MR) is 113 cm³/mol. The van der Waals surface area contributed by atoms with Crippen molar-refractivity contribution in [3.8, 4) is 0 Å². The highest BCUT2D eigenvalue weighted by Gasteiger charge is 2.39. The quantitative estimate of drug-likeness (QED) is 0.728. The third-order valence-electron chi connectivity index (χ3n) is 5.20. The Balaban J connectivity index is 2.21. The van der Waals surface area contributed by atoms with Crippen LogP contribution < -0.4 is 5.32 Å². The lowest BCUT2D eigenvalue weighted by Crippen LogP contribution is -2.50. The van der Waals surface area contributed by atoms with E-state index in [1.165, 1.54) is 0 Å². The Bertz CT molecular complexity index is 837. The van der Waals surface area contributed by atoms with Crippen LogP contribution in [-0.4, -0.2) is 44.1 Å². The summed E-state index contributed by atoms with van der Waals surface area (Å²) in [6.45, 7) is 11.7. The molecule has 1 aromatic rings. The fraction of sp³-hybridized carbons (Fsp3) is 0.636. The molecule has 1 N–H and O–H groups in total. The van der Waals surface area contributed by atoms with Crippen LogP contribution in [0.25, 0.3) is 0 Å². The molecule has 0 aliphatic carbocycles. The molecule has 0 saturated carbocycles. The van der Waals surface area contributed by atoms with Crippen LogP contribution in [0.3, 0.4) is 0 Å². The van der Waals surface area contributed by atoms with Gasteiger partial charge in [0.05, 0.1) is 11.9 Å². The summed E-state index contributed by atoms with van der Waals surface area (Å²) >= 11 is 0. The number of nitrogens with one attached hydrogen (secondary N) is 1. The lowest BCUT2D eigenvalue weighted by Gasteiger charge is -2.23. The Morgan fingerprint density at radius 1 is 1.21 bits per heavy atom. The number of sulfone groups is 1. The maximum Gasteiger partial charge on any atom is 0.239 e. The largest absolute Gasteiger partial charge is 0.368 e. The van der Waals surface area contributed by atoms with Crippen LogP contribution >= 0.6 is 0 Å². The topological polar surface area (TPSA) is 89.5 Å². The standard InChI is InChI=1S/C22H33NO5S/c1-14(2)11-19(21(25)23-20-15(3)28-12-18(20)24)29(26,27)13-16-7-9-17(10-8-16)22(4,5)6/h7-10,14-15,19-20H,11-13H2,1-6H3,(H,23,25). The normalized spacial score (nSPS) is 21.4. The van der Waals surface area contributed by atoms with Gasteiger partial charge in [-0.3, -0.25) is 9.59 Å². The predicted octanol–water partition coefficient (Wildman–Crippen LogP) is 2.79. The van der Waals surface area contributed by atoms with Gasteiger partial charge in [-0.25, -0.2) is 8.42 Å². The van der Waals surface area contributed by atoms with E-state index in [0.717, 1.165) is 5.56 Å². The number of rotatable bonds is 7. The molecule has 3 unspecified atom stereocenters. The minimum Gasteiger partial charge on any atom is -0.368 e. The van der Waals surface area contributed by atoms with Gasteiger partial charge in [0, 0.05) is 0 Å². The third-order valence-corrected chi connectivity index (χ3v) is 7.21. The Kier molecular flexibility index (Phi) is 7.28. The van der Waals surface area contributed by atoms with Crippen molar-refractivity contribution in [3.63, 3.8) is 0 Å². The summed E-state index contributed by atoms with van der Waals surface area (Å²) in [5.41, 5.74) is 1.74. The van der Waals surface area contributed by atoms with E-state index < -0.39 is 33.1 Å². The minimum atomic E-state index is -3.76. The van der Waals surface area contributed by atoms with Crippen LogP contribution in [0.15, 0.2) is 24.3 Å². The highest BCUT2D eigenvalue weighted by molar-refractivity contribution is 7.92. The van der Waals surface area contributed by atoms with Crippen molar-refractivity contribution in [3.05, 3.63) is 35.4 Å². The summed E-state index contributed by atoms with van der Waals surface area (Å²) in [6.07, 6.45) is -0.261. The van der Waals surface area contributed by atoms with Gasteiger partial charge >= 0.3 is 0 Å². The summed E-state index contributed by atoms with van der Waals surface area (Å²) in [5.74, 6) is -1.06. The highest BCUT2D eigenvalue weighted by atomic mass is 32.2. The fourth-order valence-corrected chi connectivity index (χ4v) is 5.31. The van der Waals surface area contributed by atoms with Crippen molar-refractivity contribution in [1.82, 2.24) is 5.32 Å². The molecule has 1 saturated heterocycles. The molecule has 29 heavy (non-hydrogen) atoms. The molecule has 6 nitrogen and oxygen atoms in total. The average molecular weight is 424 g/mol. The van der Waals surface area contributed by atoms with Gasteiger partial charge in [0.15, 0.2) is 15.6 Å². The van der Waals surface area contributed by atoms with E-state index in [1.807, 2.05) is 26.0 Å². The molecule has 1 heterocycles. The van der Waals surface area contributed by atoms with Gasteiger partial charge in [0.1, 0.15) is 17.9 Å². The molecular formula is C22H33NO5S. The van der Waals surface area contributed by atoms with Crippen molar-refractivity contribution < 1.29 is 22.7 Å². The number of Topliss-reactive ketones (excluding diaryl/α,β-unsaturated/α-hetero) is 1. The molecule has 0 bridgehead atoms. The molecular weight excluding hydrogens is 390 g/mol. The zero-order chi connectivity index (χ0) is 22.0. The maximum absolute atomic E-state index is 13.1. The smallest absolute Gasteiger partial charge is 0.239 e. The minimum absolute atomic E-state index is 0.0109. The molecule has 2 rings (SSSR count). The average Bonchev–Trinajstić information content (AvgIpc) is 2.90. The maximum atomic E-state index is 13.1. The second kappa shape index (κ2) is 8.96. The summed E-state index contributed by atoms with van der Waals surface area (Å²) < 4.78 is 31.5. The van der Waals surface area contributed by atoms with Crippen LogP contribution in [-0.2, 0) is 35.3 Å². The van der Waals surface area contributed by atoms with Crippen molar-refractivity contribution in [1.29, 1.82) is 0 Å². The van der Waals surface area contributed by atoms with Crippen LogP contribution in [0.2, 0.25) is 0 Å². The van der Waals surface area contributed by atoms with Crippen molar-refractivity contribution >= 4 is 21.5 Å². The number of carbonyl (C=O) groups is 2.